The van der Waals surface area contributed by atoms with Crippen LogP contribution in [0.1, 0.15) is 37.9 Å². The van der Waals surface area contributed by atoms with Gasteiger partial charge in [0.15, 0.2) is 0 Å². The van der Waals surface area contributed by atoms with Crippen LogP contribution < -0.4 is 5.32 Å². The second kappa shape index (κ2) is 10.3. The monoisotopic (exact) mass is 453 g/mol. The zero-order chi connectivity index (χ0) is 23.1. The summed E-state index contributed by atoms with van der Waals surface area (Å²) in [6.45, 7) is 6.36. The molecule has 1 N–H and O–H groups in total. The maximum Gasteiger partial charge on any atom is 0.244 e. The Bertz CT molecular complexity index is 1150. The normalized spacial score (nSPS) is 12.9. The molecule has 8 nitrogen and oxygen atoms in total. The number of hydrogen-bond donors (Lipinski definition) is 1. The van der Waals surface area contributed by atoms with Crippen LogP contribution in [-0.4, -0.2) is 46.5 Å². The van der Waals surface area contributed by atoms with E-state index in [1.807, 2.05) is 45.0 Å². The number of hydrogen-bond acceptors (Lipinski definition) is 5. The van der Waals surface area contributed by atoms with Gasteiger partial charge >= 0.3 is 0 Å². The molecule has 1 aromatic heterocycles. The van der Waals surface area contributed by atoms with E-state index in [-0.39, 0.29) is 16.8 Å². The highest BCUT2D eigenvalue weighted by molar-refractivity contribution is 7.89. The van der Waals surface area contributed by atoms with E-state index in [0.717, 1.165) is 16.8 Å². The molecule has 0 bridgehead atoms. The fraction of sp³-hybridized carbons (Fsp3) is 0.261. The average molecular weight is 454 g/mol. The van der Waals surface area contributed by atoms with Crippen molar-refractivity contribution in [3.8, 4) is 5.69 Å². The molecular formula is C23H27N5O3S. The third-order valence-electron chi connectivity index (χ3n) is 5.09. The maximum absolute atomic E-state index is 12.6. The molecule has 3 rings (SSSR count). The van der Waals surface area contributed by atoms with Crippen LogP contribution in [0.4, 0.5) is 0 Å². The summed E-state index contributed by atoms with van der Waals surface area (Å²) in [6, 6.07) is 14.0. The van der Waals surface area contributed by atoms with Crippen LogP contribution in [0.3, 0.4) is 0 Å². The van der Waals surface area contributed by atoms with Gasteiger partial charge in [-0.15, -0.1) is 0 Å². The van der Waals surface area contributed by atoms with Gasteiger partial charge in [0, 0.05) is 19.2 Å². The number of nitrogens with one attached hydrogen (secondary N) is 1. The molecule has 0 aliphatic heterocycles. The van der Waals surface area contributed by atoms with E-state index >= 15 is 0 Å². The number of aromatic nitrogens is 3. The summed E-state index contributed by atoms with van der Waals surface area (Å²) in [6.07, 6.45) is 6.19. The Morgan fingerprint density at radius 3 is 2.31 bits per heavy atom. The van der Waals surface area contributed by atoms with Crippen LogP contribution >= 0.6 is 0 Å². The smallest absolute Gasteiger partial charge is 0.244 e. The maximum atomic E-state index is 12.6. The van der Waals surface area contributed by atoms with Gasteiger partial charge in [0.05, 0.1) is 16.6 Å². The largest absolute Gasteiger partial charge is 0.346 e. The molecule has 2 aromatic carbocycles. The van der Waals surface area contributed by atoms with Crippen molar-refractivity contribution in [3.05, 3.63) is 78.4 Å². The Morgan fingerprint density at radius 2 is 1.75 bits per heavy atom. The third-order valence-corrected chi connectivity index (χ3v) is 7.15. The number of nitrogens with zero attached hydrogens (tertiary/aromatic N) is 4. The second-order valence-electron chi connectivity index (χ2n) is 7.15. The zero-order valence-electron chi connectivity index (χ0n) is 18.3. The lowest BCUT2D eigenvalue weighted by atomic mass is 10.1. The van der Waals surface area contributed by atoms with Crippen LogP contribution in [0.5, 0.6) is 0 Å². The van der Waals surface area contributed by atoms with Crippen LogP contribution in [0.2, 0.25) is 0 Å². The SMILES string of the molecule is CCN(CC)S(=O)(=O)c1ccc(/C=C/C(=O)NC(C)c2ccc(-n3cncn3)cc2)cc1. The van der Waals surface area contributed by atoms with Crippen molar-refractivity contribution in [1.82, 2.24) is 24.4 Å². The zero-order valence-corrected chi connectivity index (χ0v) is 19.2. The predicted octanol–water partition coefficient (Wildman–Crippen LogP) is 3.19. The molecule has 168 valence electrons. The Morgan fingerprint density at radius 1 is 1.09 bits per heavy atom. The predicted molar refractivity (Wildman–Crippen MR) is 123 cm³/mol. The lowest BCUT2D eigenvalue weighted by Crippen LogP contribution is -2.30. The molecule has 0 saturated heterocycles. The van der Waals surface area contributed by atoms with E-state index in [0.29, 0.717) is 13.1 Å². The Kier molecular flexibility index (Phi) is 7.55. The van der Waals surface area contributed by atoms with E-state index < -0.39 is 10.0 Å². The van der Waals surface area contributed by atoms with Crippen LogP contribution in [0, 0.1) is 0 Å². The molecule has 0 spiro atoms. The van der Waals surface area contributed by atoms with Gasteiger partial charge in [-0.3, -0.25) is 4.79 Å². The highest BCUT2D eigenvalue weighted by Gasteiger charge is 2.20. The number of sulfonamides is 1. The summed E-state index contributed by atoms with van der Waals surface area (Å²) in [7, 11) is -3.49. The van der Waals surface area contributed by atoms with Gasteiger partial charge in [-0.25, -0.2) is 18.1 Å². The first-order valence-electron chi connectivity index (χ1n) is 10.4. The van der Waals surface area contributed by atoms with Gasteiger partial charge in [-0.1, -0.05) is 38.1 Å². The molecule has 9 heteroatoms. The molecule has 1 atom stereocenters. The van der Waals surface area contributed by atoms with Gasteiger partial charge in [0.1, 0.15) is 12.7 Å². The van der Waals surface area contributed by atoms with Crippen LogP contribution in [0.15, 0.2) is 72.2 Å². The molecule has 0 aliphatic rings. The number of amides is 1. The van der Waals surface area contributed by atoms with E-state index in [9.17, 15) is 13.2 Å². The van der Waals surface area contributed by atoms with Gasteiger partial charge < -0.3 is 5.32 Å². The minimum atomic E-state index is -3.49. The van der Waals surface area contributed by atoms with Gasteiger partial charge in [0.2, 0.25) is 15.9 Å². The summed E-state index contributed by atoms with van der Waals surface area (Å²) >= 11 is 0. The van der Waals surface area contributed by atoms with Crippen molar-refractivity contribution in [2.75, 3.05) is 13.1 Å². The molecule has 0 saturated carbocycles. The molecule has 3 aromatic rings. The highest BCUT2D eigenvalue weighted by atomic mass is 32.2. The summed E-state index contributed by atoms with van der Waals surface area (Å²) in [5.41, 5.74) is 2.58. The average Bonchev–Trinajstić information content (AvgIpc) is 3.34. The van der Waals surface area contributed by atoms with Crippen LogP contribution in [0.25, 0.3) is 11.8 Å². The number of carbonyl (C=O) groups excluding carboxylic acids is 1. The summed E-state index contributed by atoms with van der Waals surface area (Å²) < 4.78 is 28.2. The van der Waals surface area contributed by atoms with E-state index in [2.05, 4.69) is 15.4 Å². The number of rotatable bonds is 9. The van der Waals surface area contributed by atoms with Gasteiger partial charge in [0.25, 0.3) is 0 Å². The second-order valence-corrected chi connectivity index (χ2v) is 9.09. The fourth-order valence-corrected chi connectivity index (χ4v) is 4.70. The van der Waals surface area contributed by atoms with Crippen LogP contribution in [-0.2, 0) is 14.8 Å². The molecule has 1 amide bonds. The Balaban J connectivity index is 1.60. The Hall–Kier alpha value is -3.30. The van der Waals surface area contributed by atoms with Crippen molar-refractivity contribution in [2.24, 2.45) is 0 Å². The molecule has 32 heavy (non-hydrogen) atoms. The molecule has 0 fully saturated rings. The standard InChI is InChI=1S/C23H27N5O3S/c1-4-27(5-2)32(30,31)22-13-6-19(7-14-22)8-15-23(29)26-18(3)20-9-11-21(12-10-20)28-17-24-16-25-28/h6-18H,4-5H2,1-3H3,(H,26,29)/b15-8+. The van der Waals surface area contributed by atoms with Gasteiger partial charge in [-0.2, -0.15) is 9.40 Å². The quantitative estimate of drug-likeness (QED) is 0.502. The first kappa shape index (κ1) is 23.4. The lowest BCUT2D eigenvalue weighted by molar-refractivity contribution is -0.117. The summed E-state index contributed by atoms with van der Waals surface area (Å²) in [5.74, 6) is -0.238. The van der Waals surface area contributed by atoms with E-state index in [1.165, 1.54) is 16.7 Å². The first-order valence-corrected chi connectivity index (χ1v) is 11.8. The highest BCUT2D eigenvalue weighted by Crippen LogP contribution is 2.17. The molecule has 0 radical (unpaired) electrons. The molecule has 0 aliphatic carbocycles. The molecular weight excluding hydrogens is 426 g/mol. The van der Waals surface area contributed by atoms with E-state index in [1.54, 1.807) is 41.4 Å². The Labute approximate surface area is 188 Å². The number of benzene rings is 2. The summed E-state index contributed by atoms with van der Waals surface area (Å²) in [5, 5.41) is 7.01. The van der Waals surface area contributed by atoms with Crippen molar-refractivity contribution in [3.63, 3.8) is 0 Å². The number of carbonyl (C=O) groups is 1. The van der Waals surface area contributed by atoms with Crippen molar-refractivity contribution in [2.45, 2.75) is 31.7 Å². The molecule has 1 heterocycles. The van der Waals surface area contributed by atoms with Crippen molar-refractivity contribution >= 4 is 22.0 Å². The summed E-state index contributed by atoms with van der Waals surface area (Å²) in [4.78, 5) is 16.5. The lowest BCUT2D eigenvalue weighted by Gasteiger charge is -2.18. The molecule has 1 unspecified atom stereocenters. The third kappa shape index (κ3) is 5.49. The first-order chi connectivity index (χ1) is 15.3. The fourth-order valence-electron chi connectivity index (χ4n) is 3.24. The minimum Gasteiger partial charge on any atom is -0.346 e. The topological polar surface area (TPSA) is 97.2 Å². The van der Waals surface area contributed by atoms with Crippen molar-refractivity contribution < 1.29 is 13.2 Å². The minimum absolute atomic E-state index is 0.182. The van der Waals surface area contributed by atoms with Gasteiger partial charge in [-0.05, 0) is 48.4 Å². The van der Waals surface area contributed by atoms with Crippen molar-refractivity contribution in [1.29, 1.82) is 0 Å². The van der Waals surface area contributed by atoms with E-state index in [4.69, 9.17) is 0 Å².